The molecular weight excluding hydrogens is 228 g/mol. The van der Waals surface area contributed by atoms with Gasteiger partial charge in [-0.15, -0.1) is 0 Å². The number of halogens is 1. The van der Waals surface area contributed by atoms with E-state index in [2.05, 4.69) is 0 Å². The molecule has 1 aliphatic rings. The van der Waals surface area contributed by atoms with Gasteiger partial charge in [0.15, 0.2) is 6.10 Å². The van der Waals surface area contributed by atoms with Crippen LogP contribution >= 0.6 is 11.6 Å². The third-order valence-corrected chi connectivity index (χ3v) is 2.49. The second-order valence-electron chi connectivity index (χ2n) is 3.48. The number of hydrogen-bond donors (Lipinski definition) is 1. The monoisotopic (exact) mass is 242 g/mol. The average molecular weight is 243 g/mol. The molecule has 0 bridgehead atoms. The van der Waals surface area contributed by atoms with Crippen molar-refractivity contribution in [3.05, 3.63) is 35.1 Å². The molecule has 0 aromatic rings. The lowest BCUT2D eigenvalue weighted by molar-refractivity contribution is -0.147. The summed E-state index contributed by atoms with van der Waals surface area (Å²) in [4.78, 5) is 10.9. The molecule has 0 aromatic carbocycles. The first-order valence-electron chi connectivity index (χ1n) is 5.27. The number of carbonyl (C=O) groups is 1. The second-order valence-corrected chi connectivity index (χ2v) is 3.89. The molecule has 0 saturated heterocycles. The van der Waals surface area contributed by atoms with E-state index in [-0.39, 0.29) is 0 Å². The molecule has 1 N–H and O–H groups in total. The molecule has 16 heavy (non-hydrogen) atoms. The summed E-state index contributed by atoms with van der Waals surface area (Å²) in [6, 6.07) is 0. The Morgan fingerprint density at radius 3 is 3.06 bits per heavy atom. The van der Waals surface area contributed by atoms with Crippen LogP contribution in [0.2, 0.25) is 0 Å². The SMILES string of the molecule is CCCC(OC1=CC=CCC=C1Cl)C(=O)O. The van der Waals surface area contributed by atoms with Gasteiger partial charge in [0.2, 0.25) is 0 Å². The van der Waals surface area contributed by atoms with E-state index in [4.69, 9.17) is 21.4 Å². The van der Waals surface area contributed by atoms with E-state index in [9.17, 15) is 4.79 Å². The summed E-state index contributed by atoms with van der Waals surface area (Å²) in [6.07, 6.45) is 8.35. The minimum absolute atomic E-state index is 0.427. The van der Waals surface area contributed by atoms with Crippen molar-refractivity contribution in [1.82, 2.24) is 0 Å². The van der Waals surface area contributed by atoms with Crippen LogP contribution in [0.5, 0.6) is 0 Å². The third-order valence-electron chi connectivity index (χ3n) is 2.15. The maximum absolute atomic E-state index is 10.9. The van der Waals surface area contributed by atoms with Crippen molar-refractivity contribution in [1.29, 1.82) is 0 Å². The average Bonchev–Trinajstić information content (AvgIpc) is 2.43. The van der Waals surface area contributed by atoms with Crippen molar-refractivity contribution in [3.63, 3.8) is 0 Å². The van der Waals surface area contributed by atoms with Crippen molar-refractivity contribution in [2.45, 2.75) is 32.3 Å². The molecule has 0 aromatic heterocycles. The first-order chi connectivity index (χ1) is 7.65. The molecule has 0 amide bonds. The fourth-order valence-corrected chi connectivity index (χ4v) is 1.53. The van der Waals surface area contributed by atoms with E-state index in [1.54, 1.807) is 12.2 Å². The van der Waals surface area contributed by atoms with E-state index in [0.29, 0.717) is 17.2 Å². The third kappa shape index (κ3) is 3.74. The highest BCUT2D eigenvalue weighted by atomic mass is 35.5. The van der Waals surface area contributed by atoms with Gasteiger partial charge in [0, 0.05) is 0 Å². The quantitative estimate of drug-likeness (QED) is 0.805. The van der Waals surface area contributed by atoms with Crippen LogP contribution in [0.1, 0.15) is 26.2 Å². The van der Waals surface area contributed by atoms with Crippen LogP contribution in [-0.4, -0.2) is 17.2 Å². The minimum atomic E-state index is -0.958. The van der Waals surface area contributed by atoms with Crippen LogP contribution < -0.4 is 0 Å². The van der Waals surface area contributed by atoms with Gasteiger partial charge in [0.05, 0.1) is 5.03 Å². The Hall–Kier alpha value is -1.22. The number of carboxylic acid groups (broad SMARTS) is 1. The van der Waals surface area contributed by atoms with Crippen LogP contribution in [0.3, 0.4) is 0 Å². The lowest BCUT2D eigenvalue weighted by atomic mass is 10.2. The Balaban J connectivity index is 2.73. The molecule has 0 radical (unpaired) electrons. The first-order valence-corrected chi connectivity index (χ1v) is 5.65. The molecule has 0 aliphatic heterocycles. The molecule has 88 valence electrons. The van der Waals surface area contributed by atoms with E-state index >= 15 is 0 Å². The van der Waals surface area contributed by atoms with E-state index in [0.717, 1.165) is 12.8 Å². The lowest BCUT2D eigenvalue weighted by Crippen LogP contribution is -2.23. The van der Waals surface area contributed by atoms with E-state index < -0.39 is 12.1 Å². The Kier molecular flexibility index (Phi) is 5.12. The molecule has 0 heterocycles. The Morgan fingerprint density at radius 2 is 2.44 bits per heavy atom. The molecule has 4 heteroatoms. The second kappa shape index (κ2) is 6.38. The van der Waals surface area contributed by atoms with Crippen LogP contribution in [0.25, 0.3) is 0 Å². The van der Waals surface area contributed by atoms with Crippen molar-refractivity contribution in [2.75, 3.05) is 0 Å². The Labute approximate surface area is 100 Å². The summed E-state index contributed by atoms with van der Waals surface area (Å²) in [5.74, 6) is -0.531. The summed E-state index contributed by atoms with van der Waals surface area (Å²) in [6.45, 7) is 1.91. The number of carboxylic acids is 1. The van der Waals surface area contributed by atoms with Crippen LogP contribution in [0.15, 0.2) is 35.1 Å². The summed E-state index contributed by atoms with van der Waals surface area (Å²) < 4.78 is 5.40. The fourth-order valence-electron chi connectivity index (χ4n) is 1.33. The standard InChI is InChI=1S/C12H15ClO3/c1-2-6-11(12(14)15)16-10-8-5-3-4-7-9(10)13/h3,5,7-8,11H,2,4,6H2,1H3,(H,14,15). The van der Waals surface area contributed by atoms with Gasteiger partial charge in [-0.2, -0.15) is 0 Å². The molecule has 0 saturated carbocycles. The van der Waals surface area contributed by atoms with E-state index in [1.165, 1.54) is 0 Å². The van der Waals surface area contributed by atoms with Gasteiger partial charge >= 0.3 is 5.97 Å². The molecule has 1 unspecified atom stereocenters. The van der Waals surface area contributed by atoms with Gasteiger partial charge in [-0.1, -0.05) is 43.2 Å². The van der Waals surface area contributed by atoms with Crippen LogP contribution in [-0.2, 0) is 9.53 Å². The summed E-state index contributed by atoms with van der Waals surface area (Å²) >= 11 is 5.97. The maximum Gasteiger partial charge on any atom is 0.344 e. The molecular formula is C12H15ClO3. The van der Waals surface area contributed by atoms with Crippen molar-refractivity contribution in [2.24, 2.45) is 0 Å². The molecule has 0 spiro atoms. The van der Waals surface area contributed by atoms with Gasteiger partial charge in [-0.05, 0) is 18.9 Å². The van der Waals surface area contributed by atoms with E-state index in [1.807, 2.05) is 19.1 Å². The topological polar surface area (TPSA) is 46.5 Å². The highest BCUT2D eigenvalue weighted by Crippen LogP contribution is 2.22. The van der Waals surface area contributed by atoms with Crippen molar-refractivity contribution < 1.29 is 14.6 Å². The minimum Gasteiger partial charge on any atom is -0.479 e. The molecule has 1 aliphatic carbocycles. The van der Waals surface area contributed by atoms with Crippen LogP contribution in [0.4, 0.5) is 0 Å². The van der Waals surface area contributed by atoms with Gasteiger partial charge < -0.3 is 9.84 Å². The zero-order chi connectivity index (χ0) is 12.0. The number of rotatable bonds is 5. The van der Waals surface area contributed by atoms with Gasteiger partial charge in [0.25, 0.3) is 0 Å². The number of allylic oxidation sites excluding steroid dienone is 5. The number of hydrogen-bond acceptors (Lipinski definition) is 2. The number of aliphatic carboxylic acids is 1. The fraction of sp³-hybridized carbons (Fsp3) is 0.417. The zero-order valence-corrected chi connectivity index (χ0v) is 9.91. The highest BCUT2D eigenvalue weighted by molar-refractivity contribution is 6.31. The molecule has 0 fully saturated rings. The van der Waals surface area contributed by atoms with Gasteiger partial charge in [0.1, 0.15) is 5.76 Å². The van der Waals surface area contributed by atoms with Gasteiger partial charge in [-0.25, -0.2) is 4.79 Å². The van der Waals surface area contributed by atoms with Crippen molar-refractivity contribution in [3.8, 4) is 0 Å². The summed E-state index contributed by atoms with van der Waals surface area (Å²) in [5, 5.41) is 9.42. The molecule has 1 atom stereocenters. The Morgan fingerprint density at radius 1 is 1.69 bits per heavy atom. The van der Waals surface area contributed by atoms with Gasteiger partial charge in [-0.3, -0.25) is 0 Å². The lowest BCUT2D eigenvalue weighted by Gasteiger charge is -2.16. The van der Waals surface area contributed by atoms with Crippen molar-refractivity contribution >= 4 is 17.6 Å². The largest absolute Gasteiger partial charge is 0.479 e. The maximum atomic E-state index is 10.9. The Bertz CT molecular complexity index is 342. The normalized spacial score (nSPS) is 17.1. The smallest absolute Gasteiger partial charge is 0.344 e. The van der Waals surface area contributed by atoms with Crippen LogP contribution in [0, 0.1) is 0 Å². The highest BCUT2D eigenvalue weighted by Gasteiger charge is 2.20. The first kappa shape index (κ1) is 12.8. The summed E-state index contributed by atoms with van der Waals surface area (Å²) in [5.41, 5.74) is 0. The predicted molar refractivity (Wildman–Crippen MR) is 63.2 cm³/mol. The number of ether oxygens (including phenoxy) is 1. The zero-order valence-electron chi connectivity index (χ0n) is 9.15. The summed E-state index contributed by atoms with van der Waals surface area (Å²) in [7, 11) is 0. The predicted octanol–water partition coefficient (Wildman–Crippen LogP) is 3.22. The molecule has 1 rings (SSSR count). The molecule has 3 nitrogen and oxygen atoms in total.